The van der Waals surface area contributed by atoms with Crippen LogP contribution in [0.1, 0.15) is 42.6 Å². The maximum atomic E-state index is 13.1. The first-order valence-corrected chi connectivity index (χ1v) is 7.32. The number of carbonyl (C=O) groups is 1. The molecule has 0 saturated heterocycles. The van der Waals surface area contributed by atoms with Crippen LogP contribution >= 0.6 is 0 Å². The fourth-order valence-electron chi connectivity index (χ4n) is 2.44. The van der Waals surface area contributed by atoms with Gasteiger partial charge in [-0.15, -0.1) is 0 Å². The van der Waals surface area contributed by atoms with Crippen molar-refractivity contribution in [3.8, 4) is 0 Å². The van der Waals surface area contributed by atoms with Crippen LogP contribution in [0.15, 0.2) is 24.3 Å². The van der Waals surface area contributed by atoms with Crippen molar-refractivity contribution in [2.75, 3.05) is 20.3 Å². The third-order valence-electron chi connectivity index (χ3n) is 3.64. The van der Waals surface area contributed by atoms with E-state index in [0.29, 0.717) is 12.8 Å². The average Bonchev–Trinajstić information content (AvgIpc) is 2.50. The van der Waals surface area contributed by atoms with Crippen LogP contribution in [0.25, 0.3) is 0 Å². The Morgan fingerprint density at radius 3 is 2.32 bits per heavy atom. The van der Waals surface area contributed by atoms with Gasteiger partial charge in [0, 0.05) is 19.7 Å². The minimum atomic E-state index is -4.55. The first-order valence-electron chi connectivity index (χ1n) is 7.32. The lowest BCUT2D eigenvalue weighted by molar-refractivity contribution is -0.138. The van der Waals surface area contributed by atoms with Gasteiger partial charge in [-0.2, -0.15) is 13.2 Å². The molecule has 124 valence electrons. The van der Waals surface area contributed by atoms with Gasteiger partial charge in [0.05, 0.1) is 17.7 Å². The molecular weight excluding hydrogens is 295 g/mol. The molecule has 1 aromatic rings. The largest absolute Gasteiger partial charge is 0.417 e. The first-order chi connectivity index (χ1) is 10.4. The van der Waals surface area contributed by atoms with Crippen molar-refractivity contribution >= 4 is 5.91 Å². The summed E-state index contributed by atoms with van der Waals surface area (Å²) in [7, 11) is 1.50. The molecule has 3 nitrogen and oxygen atoms in total. The molecule has 0 saturated carbocycles. The maximum absolute atomic E-state index is 13.1. The van der Waals surface area contributed by atoms with E-state index in [4.69, 9.17) is 4.74 Å². The van der Waals surface area contributed by atoms with E-state index < -0.39 is 17.6 Å². The molecule has 22 heavy (non-hydrogen) atoms. The van der Waals surface area contributed by atoms with E-state index in [1.165, 1.54) is 30.2 Å². The smallest absolute Gasteiger partial charge is 0.383 e. The highest BCUT2D eigenvalue weighted by molar-refractivity contribution is 5.96. The topological polar surface area (TPSA) is 29.5 Å². The Labute approximate surface area is 129 Å². The van der Waals surface area contributed by atoms with Crippen molar-refractivity contribution in [2.45, 2.75) is 38.9 Å². The third-order valence-corrected chi connectivity index (χ3v) is 3.64. The highest BCUT2D eigenvalue weighted by Gasteiger charge is 2.36. The molecule has 0 N–H and O–H groups in total. The zero-order valence-corrected chi connectivity index (χ0v) is 13.1. The number of ether oxygens (including phenoxy) is 1. The number of benzene rings is 1. The van der Waals surface area contributed by atoms with Crippen molar-refractivity contribution in [3.63, 3.8) is 0 Å². The number of hydrogen-bond acceptors (Lipinski definition) is 2. The SMILES string of the molecule is CCC(CC)N(CCOC)C(=O)c1ccccc1C(F)(F)F. The molecule has 6 heteroatoms. The van der Waals surface area contributed by atoms with Crippen molar-refractivity contribution in [3.05, 3.63) is 35.4 Å². The molecule has 0 aliphatic heterocycles. The molecule has 0 fully saturated rings. The number of nitrogens with zero attached hydrogens (tertiary/aromatic N) is 1. The summed E-state index contributed by atoms with van der Waals surface area (Å²) in [5, 5.41) is 0. The van der Waals surface area contributed by atoms with Gasteiger partial charge in [0.25, 0.3) is 5.91 Å². The van der Waals surface area contributed by atoms with E-state index in [1.807, 2.05) is 13.8 Å². The van der Waals surface area contributed by atoms with E-state index in [2.05, 4.69) is 0 Å². The van der Waals surface area contributed by atoms with Crippen LogP contribution in [0.3, 0.4) is 0 Å². The zero-order chi connectivity index (χ0) is 16.8. The Bertz CT molecular complexity index is 485. The highest BCUT2D eigenvalue weighted by Crippen LogP contribution is 2.32. The summed E-state index contributed by atoms with van der Waals surface area (Å²) >= 11 is 0. The Morgan fingerprint density at radius 2 is 1.82 bits per heavy atom. The van der Waals surface area contributed by atoms with Gasteiger partial charge >= 0.3 is 6.18 Å². The molecule has 0 bridgehead atoms. The second kappa shape index (κ2) is 8.17. The lowest BCUT2D eigenvalue weighted by atomic mass is 10.0. The quantitative estimate of drug-likeness (QED) is 0.761. The molecule has 1 aromatic carbocycles. The van der Waals surface area contributed by atoms with Gasteiger partial charge in [-0.05, 0) is 25.0 Å². The molecule has 0 unspecified atom stereocenters. The summed E-state index contributed by atoms with van der Waals surface area (Å²) < 4.78 is 44.3. The number of alkyl halides is 3. The fraction of sp³-hybridized carbons (Fsp3) is 0.562. The molecule has 0 aliphatic rings. The number of amides is 1. The maximum Gasteiger partial charge on any atom is 0.417 e. The fourth-order valence-corrected chi connectivity index (χ4v) is 2.44. The van der Waals surface area contributed by atoms with Crippen LogP contribution < -0.4 is 0 Å². The number of hydrogen-bond donors (Lipinski definition) is 0. The van der Waals surface area contributed by atoms with Crippen LogP contribution in [0.4, 0.5) is 13.2 Å². The molecule has 0 atom stereocenters. The summed E-state index contributed by atoms with van der Waals surface area (Å²) in [6.07, 6.45) is -3.19. The number of rotatable bonds is 7. The minimum Gasteiger partial charge on any atom is -0.383 e. The lowest BCUT2D eigenvalue weighted by Gasteiger charge is -2.31. The summed E-state index contributed by atoms with van der Waals surface area (Å²) in [5.41, 5.74) is -1.20. The molecule has 0 radical (unpaired) electrons. The van der Waals surface area contributed by atoms with Gasteiger partial charge in [0.1, 0.15) is 0 Å². The Balaban J connectivity index is 3.19. The van der Waals surface area contributed by atoms with Gasteiger partial charge in [-0.1, -0.05) is 26.0 Å². The second-order valence-corrected chi connectivity index (χ2v) is 5.01. The van der Waals surface area contributed by atoms with Gasteiger partial charge < -0.3 is 9.64 Å². The molecule has 0 spiro atoms. The average molecular weight is 317 g/mol. The number of halogens is 3. The van der Waals surface area contributed by atoms with Crippen LogP contribution in [0.2, 0.25) is 0 Å². The van der Waals surface area contributed by atoms with Gasteiger partial charge in [0.2, 0.25) is 0 Å². The molecule has 1 rings (SSSR count). The Morgan fingerprint density at radius 1 is 1.23 bits per heavy atom. The van der Waals surface area contributed by atoms with Crippen LogP contribution in [-0.4, -0.2) is 37.1 Å². The molecular formula is C16H22F3NO2. The van der Waals surface area contributed by atoms with Crippen LogP contribution in [-0.2, 0) is 10.9 Å². The van der Waals surface area contributed by atoms with E-state index in [0.717, 1.165) is 6.07 Å². The lowest BCUT2D eigenvalue weighted by Crippen LogP contribution is -2.42. The third kappa shape index (κ3) is 4.47. The van der Waals surface area contributed by atoms with E-state index in [9.17, 15) is 18.0 Å². The molecule has 0 heterocycles. The normalized spacial score (nSPS) is 11.8. The standard InChI is InChI=1S/C16H22F3NO2/c1-4-12(5-2)20(10-11-22-3)15(21)13-8-6-7-9-14(13)16(17,18)19/h6-9,12H,4-5,10-11H2,1-3H3. The summed E-state index contributed by atoms with van der Waals surface area (Å²) in [6.45, 7) is 4.39. The predicted octanol–water partition coefficient (Wildman–Crippen LogP) is 3.98. The summed E-state index contributed by atoms with van der Waals surface area (Å²) in [5.74, 6) is -0.598. The Hall–Kier alpha value is -1.56. The molecule has 1 amide bonds. The second-order valence-electron chi connectivity index (χ2n) is 5.01. The van der Waals surface area contributed by atoms with Crippen molar-refractivity contribution < 1.29 is 22.7 Å². The molecule has 0 aromatic heterocycles. The van der Waals surface area contributed by atoms with Crippen molar-refractivity contribution in [1.29, 1.82) is 0 Å². The van der Waals surface area contributed by atoms with Crippen LogP contribution in [0.5, 0.6) is 0 Å². The highest BCUT2D eigenvalue weighted by atomic mass is 19.4. The van der Waals surface area contributed by atoms with Gasteiger partial charge in [0.15, 0.2) is 0 Å². The number of methoxy groups -OCH3 is 1. The monoisotopic (exact) mass is 317 g/mol. The first kappa shape index (κ1) is 18.5. The molecule has 0 aliphatic carbocycles. The zero-order valence-electron chi connectivity index (χ0n) is 13.1. The van der Waals surface area contributed by atoms with Crippen LogP contribution in [0, 0.1) is 0 Å². The summed E-state index contributed by atoms with van der Waals surface area (Å²) in [6, 6.07) is 4.80. The van der Waals surface area contributed by atoms with E-state index in [1.54, 1.807) is 0 Å². The predicted molar refractivity (Wildman–Crippen MR) is 78.7 cm³/mol. The van der Waals surface area contributed by atoms with E-state index in [-0.39, 0.29) is 24.8 Å². The summed E-state index contributed by atoms with van der Waals surface area (Å²) in [4.78, 5) is 14.1. The minimum absolute atomic E-state index is 0.107. The van der Waals surface area contributed by atoms with E-state index >= 15 is 0 Å². The van der Waals surface area contributed by atoms with Gasteiger partial charge in [-0.3, -0.25) is 4.79 Å². The van der Waals surface area contributed by atoms with Crippen molar-refractivity contribution in [2.24, 2.45) is 0 Å². The van der Waals surface area contributed by atoms with Gasteiger partial charge in [-0.25, -0.2) is 0 Å². The number of carbonyl (C=O) groups excluding carboxylic acids is 1. The van der Waals surface area contributed by atoms with Crippen molar-refractivity contribution in [1.82, 2.24) is 4.90 Å². The Kier molecular flexibility index (Phi) is 6.87.